The Bertz CT molecular complexity index is 1750. The van der Waals surface area contributed by atoms with Gasteiger partial charge < -0.3 is 29.3 Å². The molecule has 1 N–H and O–H groups in total. The molecule has 2 aromatic rings. The molecule has 14 nitrogen and oxygen atoms in total. The number of ether oxygens (including phenoxy) is 3. The van der Waals surface area contributed by atoms with Crippen LogP contribution in [0.15, 0.2) is 47.6 Å². The monoisotopic (exact) mass is 786 g/mol. The van der Waals surface area contributed by atoms with Crippen LogP contribution in [0.2, 0.25) is 0 Å². The van der Waals surface area contributed by atoms with Crippen molar-refractivity contribution < 1.29 is 46.0 Å². The summed E-state index contributed by atoms with van der Waals surface area (Å²) in [5.74, 6) is -0.661. The number of likely N-dealkylation sites (tertiary alicyclic amines) is 2. The molecule has 15 heteroatoms. The van der Waals surface area contributed by atoms with Crippen molar-refractivity contribution in [2.75, 3.05) is 39.4 Å². The van der Waals surface area contributed by atoms with E-state index in [9.17, 15) is 27.6 Å². The zero-order valence-corrected chi connectivity index (χ0v) is 34.1. The Labute approximate surface area is 325 Å². The number of aromatic nitrogens is 1. The summed E-state index contributed by atoms with van der Waals surface area (Å²) in [6.45, 7) is 14.2. The first-order valence-electron chi connectivity index (χ1n) is 19.1. The molecule has 2 fully saturated rings. The van der Waals surface area contributed by atoms with Gasteiger partial charge in [-0.3, -0.25) is 23.6 Å². The molecule has 304 valence electrons. The van der Waals surface area contributed by atoms with Crippen LogP contribution in [0.3, 0.4) is 0 Å². The second-order valence-corrected chi connectivity index (χ2v) is 17.9. The summed E-state index contributed by atoms with van der Waals surface area (Å²) < 4.78 is 47.3. The van der Waals surface area contributed by atoms with Crippen LogP contribution in [0.5, 0.6) is 5.75 Å². The predicted molar refractivity (Wildman–Crippen MR) is 204 cm³/mol. The summed E-state index contributed by atoms with van der Waals surface area (Å²) in [6, 6.07) is 7.34. The van der Waals surface area contributed by atoms with E-state index in [1.807, 2.05) is 20.8 Å². The number of nitrogens with one attached hydrogen (secondary N) is 1. The zero-order chi connectivity index (χ0) is 40.4. The summed E-state index contributed by atoms with van der Waals surface area (Å²) in [6.07, 6.45) is 6.44. The number of carbonyl (C=O) groups is 4. The molecule has 3 amide bonds. The molecule has 0 spiro atoms. The third-order valence-corrected chi connectivity index (χ3v) is 10.8. The first kappa shape index (κ1) is 43.5. The largest absolute Gasteiger partial charge is 0.490 e. The van der Waals surface area contributed by atoms with E-state index in [0.29, 0.717) is 68.1 Å². The molecule has 4 rings (SSSR count). The first-order chi connectivity index (χ1) is 25.8. The topological polar surface area (TPSA) is 171 Å². The lowest BCUT2D eigenvalue weighted by Gasteiger charge is -2.35. The number of hydrogen-bond acceptors (Lipinski definition) is 11. The summed E-state index contributed by atoms with van der Waals surface area (Å²) in [5, 5.41) is 3.01. The van der Waals surface area contributed by atoms with Crippen molar-refractivity contribution in [3.8, 4) is 5.75 Å². The summed E-state index contributed by atoms with van der Waals surface area (Å²) >= 11 is 0. The Morgan fingerprint density at radius 3 is 2.27 bits per heavy atom. The molecule has 2 aliphatic rings. The van der Waals surface area contributed by atoms with Crippen molar-refractivity contribution in [2.24, 2.45) is 11.8 Å². The minimum Gasteiger partial charge on any atom is -0.490 e. The van der Waals surface area contributed by atoms with Gasteiger partial charge in [0, 0.05) is 38.8 Å². The van der Waals surface area contributed by atoms with Crippen LogP contribution >= 0.6 is 0 Å². The molecule has 0 radical (unpaired) electrons. The molecule has 3 heterocycles. The number of hydrogen-bond donors (Lipinski definition) is 1. The van der Waals surface area contributed by atoms with Crippen LogP contribution in [0.25, 0.3) is 0 Å². The first-order valence-corrected chi connectivity index (χ1v) is 20.5. The normalized spacial score (nSPS) is 17.6. The average Bonchev–Trinajstić information content (AvgIpc) is 3.11. The van der Waals surface area contributed by atoms with Gasteiger partial charge in [-0.25, -0.2) is 4.79 Å². The Balaban J connectivity index is 1.33. The summed E-state index contributed by atoms with van der Waals surface area (Å²) in [7, 11) is -3.98. The number of rotatable bonds is 14. The van der Waals surface area contributed by atoms with Crippen LogP contribution in [0, 0.1) is 18.8 Å². The average molecular weight is 787 g/mol. The van der Waals surface area contributed by atoms with Gasteiger partial charge in [-0.15, -0.1) is 0 Å². The summed E-state index contributed by atoms with van der Waals surface area (Å²) in [4.78, 5) is 60.3. The highest BCUT2D eigenvalue weighted by atomic mass is 32.2. The van der Waals surface area contributed by atoms with Gasteiger partial charge >= 0.3 is 12.1 Å². The minimum atomic E-state index is -3.98. The van der Waals surface area contributed by atoms with Gasteiger partial charge in [0.2, 0.25) is 11.8 Å². The number of nitrogens with zero attached hydrogens (tertiary/aromatic N) is 3. The molecule has 55 heavy (non-hydrogen) atoms. The van der Waals surface area contributed by atoms with Gasteiger partial charge in [0.25, 0.3) is 10.1 Å². The highest BCUT2D eigenvalue weighted by molar-refractivity contribution is 7.86. The van der Waals surface area contributed by atoms with E-state index >= 15 is 0 Å². The van der Waals surface area contributed by atoms with Crippen molar-refractivity contribution in [1.82, 2.24) is 20.1 Å². The van der Waals surface area contributed by atoms with Gasteiger partial charge in [-0.05, 0) is 110 Å². The van der Waals surface area contributed by atoms with Crippen LogP contribution in [0.4, 0.5) is 4.79 Å². The van der Waals surface area contributed by atoms with Gasteiger partial charge in [-0.1, -0.05) is 18.2 Å². The Hall–Kier alpha value is -4.24. The Morgan fingerprint density at radius 2 is 1.60 bits per heavy atom. The van der Waals surface area contributed by atoms with Crippen molar-refractivity contribution in [2.45, 2.75) is 116 Å². The van der Waals surface area contributed by atoms with E-state index in [2.05, 4.69) is 10.3 Å². The quantitative estimate of drug-likeness (QED) is 0.141. The van der Waals surface area contributed by atoms with E-state index in [0.717, 1.165) is 12.8 Å². The van der Waals surface area contributed by atoms with Crippen LogP contribution in [0.1, 0.15) is 104 Å². The molecule has 0 aliphatic carbocycles. The fourth-order valence-corrected chi connectivity index (χ4v) is 7.76. The number of piperidine rings is 2. The number of pyridine rings is 1. The smallest absolute Gasteiger partial charge is 0.410 e. The maximum atomic E-state index is 13.8. The van der Waals surface area contributed by atoms with Gasteiger partial charge in [-0.2, -0.15) is 8.42 Å². The van der Waals surface area contributed by atoms with Gasteiger partial charge in [0.1, 0.15) is 30.2 Å². The van der Waals surface area contributed by atoms with Crippen LogP contribution < -0.4 is 10.1 Å². The van der Waals surface area contributed by atoms with E-state index in [1.165, 1.54) is 18.5 Å². The lowest BCUT2D eigenvalue weighted by atomic mass is 9.91. The lowest BCUT2D eigenvalue weighted by molar-refractivity contribution is -0.155. The fourth-order valence-electron chi connectivity index (χ4n) is 6.63. The molecule has 1 aromatic carbocycles. The molecule has 2 aliphatic heterocycles. The zero-order valence-electron chi connectivity index (χ0n) is 33.3. The van der Waals surface area contributed by atoms with E-state index < -0.39 is 39.2 Å². The van der Waals surface area contributed by atoms with Crippen LogP contribution in [-0.4, -0.2) is 97.7 Å². The molecule has 2 atom stereocenters. The Kier molecular flexibility index (Phi) is 15.1. The molecular formula is C40H58N4O10S. The molecule has 1 aromatic heterocycles. The Morgan fingerprint density at radius 1 is 0.909 bits per heavy atom. The highest BCUT2D eigenvalue weighted by Crippen LogP contribution is 2.27. The van der Waals surface area contributed by atoms with Gasteiger partial charge in [0.15, 0.2) is 0 Å². The third-order valence-electron chi connectivity index (χ3n) is 9.38. The van der Waals surface area contributed by atoms with Crippen molar-refractivity contribution >= 4 is 34.0 Å². The second-order valence-electron chi connectivity index (χ2n) is 16.3. The molecule has 0 unspecified atom stereocenters. The van der Waals surface area contributed by atoms with Crippen LogP contribution in [-0.2, 0) is 38.2 Å². The second kappa shape index (κ2) is 19.1. The van der Waals surface area contributed by atoms with Gasteiger partial charge in [0.05, 0.1) is 29.5 Å². The van der Waals surface area contributed by atoms with Crippen molar-refractivity contribution in [3.63, 3.8) is 0 Å². The van der Waals surface area contributed by atoms with E-state index in [4.69, 9.17) is 18.4 Å². The molecule has 0 saturated carbocycles. The van der Waals surface area contributed by atoms with E-state index in [1.54, 1.807) is 61.8 Å². The number of amides is 3. The maximum absolute atomic E-state index is 13.8. The lowest BCUT2D eigenvalue weighted by Crippen LogP contribution is -2.46. The predicted octanol–water partition coefficient (Wildman–Crippen LogP) is 5.73. The SMILES string of the molecule is Cc1ccccc1S(=O)(=O)OCCOc1cncc([C@H](CC(=O)OC(C)(C)C)NC(=O)[C@@H]2CCCN(C(=O)CCC3CCN(C(=O)OC(C)(C)C)CC3)C2)c1. The standard InChI is InChI=1S/C40H58N4O10S/c1-28-11-8-9-13-34(28)55(49,50)52-22-21-51-32-23-31(25-41-26-32)33(24-36(46)53-39(2,3)4)42-37(47)30-12-10-18-44(27-30)35(45)15-14-29-16-19-43(20-17-29)38(48)54-40(5,6)7/h8-9,11,13,23,25-26,29-30,33H,10,12,14-22,24,27H2,1-7H3,(H,42,47)/t30-,33+/m1/s1. The van der Waals surface area contributed by atoms with Crippen molar-refractivity contribution in [1.29, 1.82) is 0 Å². The van der Waals surface area contributed by atoms with E-state index in [-0.39, 0.29) is 49.0 Å². The maximum Gasteiger partial charge on any atom is 0.410 e. The van der Waals surface area contributed by atoms with Crippen molar-refractivity contribution in [3.05, 3.63) is 53.9 Å². The highest BCUT2D eigenvalue weighted by Gasteiger charge is 2.32. The third kappa shape index (κ3) is 14.1. The number of carbonyl (C=O) groups excluding carboxylic acids is 4. The fraction of sp³-hybridized carbons (Fsp3) is 0.625. The molecule has 2 saturated heterocycles. The summed E-state index contributed by atoms with van der Waals surface area (Å²) in [5.41, 5.74) is -0.232. The number of benzene rings is 1. The molecular weight excluding hydrogens is 729 g/mol. The minimum absolute atomic E-state index is 0.00195. The number of esters is 1. The molecule has 0 bridgehead atoms. The number of aryl methyl sites for hydroxylation is 1.